The quantitative estimate of drug-likeness (QED) is 0.351. The Bertz CT molecular complexity index is 1430. The Hall–Kier alpha value is -3.32. The van der Waals surface area contributed by atoms with Crippen LogP contribution in [-0.2, 0) is 13.1 Å². The Morgan fingerprint density at radius 1 is 0.853 bits per heavy atom. The van der Waals surface area contributed by atoms with Crippen molar-refractivity contribution < 1.29 is 9.59 Å². The molecular formula is C25H17Cl3N4O2. The van der Waals surface area contributed by atoms with Gasteiger partial charge in [0.1, 0.15) is 0 Å². The fourth-order valence-electron chi connectivity index (χ4n) is 3.92. The molecule has 0 unspecified atom stereocenters. The number of hydrogen-bond donors (Lipinski definition) is 1. The summed E-state index contributed by atoms with van der Waals surface area (Å²) in [5, 5.41) is 8.02. The van der Waals surface area contributed by atoms with Crippen molar-refractivity contribution in [1.29, 1.82) is 0 Å². The lowest BCUT2D eigenvalue weighted by molar-refractivity contribution is 0.0984. The number of fused-ring (bicyclic) bond motifs is 2. The number of halogens is 3. The standard InChI is InChI=1S/C25H17Cl3N4O2/c26-16-5-7-19(21(27)11-16)24(33)30-17-6-8-20(22(28)12-17)25(34)31-14-18-9-10-29-32(18)13-15-3-1-2-4-23(15)31/h1-12H,13-14H2,(H,30,33). The second kappa shape index (κ2) is 9.14. The van der Waals surface area contributed by atoms with E-state index >= 15 is 0 Å². The van der Waals surface area contributed by atoms with Crippen molar-refractivity contribution >= 4 is 58.0 Å². The normalized spacial score (nSPS) is 12.5. The summed E-state index contributed by atoms with van der Waals surface area (Å²) < 4.78 is 1.88. The zero-order valence-corrected chi connectivity index (χ0v) is 19.9. The summed E-state index contributed by atoms with van der Waals surface area (Å²) in [6, 6.07) is 19.0. The van der Waals surface area contributed by atoms with Crippen molar-refractivity contribution in [2.45, 2.75) is 13.1 Å². The number of aromatic nitrogens is 2. The number of amides is 2. The number of nitrogens with one attached hydrogen (secondary N) is 1. The van der Waals surface area contributed by atoms with E-state index in [0.29, 0.717) is 29.4 Å². The number of nitrogens with zero attached hydrogens (tertiary/aromatic N) is 3. The Kier molecular flexibility index (Phi) is 6.04. The molecule has 2 heterocycles. The molecular weight excluding hydrogens is 495 g/mol. The molecule has 3 aromatic carbocycles. The first kappa shape index (κ1) is 22.5. The van der Waals surface area contributed by atoms with Gasteiger partial charge in [0.15, 0.2) is 0 Å². The van der Waals surface area contributed by atoms with Gasteiger partial charge in [0.25, 0.3) is 11.8 Å². The van der Waals surface area contributed by atoms with Gasteiger partial charge in [0.2, 0.25) is 0 Å². The molecule has 1 aliphatic rings. The van der Waals surface area contributed by atoms with Crippen LogP contribution in [0.2, 0.25) is 15.1 Å². The number of anilines is 2. The van der Waals surface area contributed by atoms with Gasteiger partial charge in [-0.15, -0.1) is 0 Å². The summed E-state index contributed by atoms with van der Waals surface area (Å²) in [6.45, 7) is 0.938. The van der Waals surface area contributed by atoms with Crippen molar-refractivity contribution in [2.24, 2.45) is 0 Å². The monoisotopic (exact) mass is 510 g/mol. The van der Waals surface area contributed by atoms with Crippen LogP contribution in [0.3, 0.4) is 0 Å². The molecule has 0 saturated heterocycles. The number of para-hydroxylation sites is 1. The van der Waals surface area contributed by atoms with Crippen molar-refractivity contribution in [2.75, 3.05) is 10.2 Å². The Balaban J connectivity index is 1.42. The molecule has 0 saturated carbocycles. The van der Waals surface area contributed by atoms with E-state index in [9.17, 15) is 9.59 Å². The minimum absolute atomic E-state index is 0.222. The Morgan fingerprint density at radius 3 is 2.41 bits per heavy atom. The van der Waals surface area contributed by atoms with E-state index in [2.05, 4.69) is 10.4 Å². The molecule has 1 aliphatic heterocycles. The zero-order chi connectivity index (χ0) is 23.8. The topological polar surface area (TPSA) is 67.2 Å². The second-order valence-corrected chi connectivity index (χ2v) is 9.02. The van der Waals surface area contributed by atoms with Crippen LogP contribution in [0, 0.1) is 0 Å². The maximum Gasteiger partial charge on any atom is 0.260 e. The summed E-state index contributed by atoms with van der Waals surface area (Å²) in [7, 11) is 0. The van der Waals surface area contributed by atoms with Gasteiger partial charge in [-0.05, 0) is 54.1 Å². The molecule has 34 heavy (non-hydrogen) atoms. The third-order valence-corrected chi connectivity index (χ3v) is 6.47. The van der Waals surface area contributed by atoms with Gasteiger partial charge in [0.05, 0.1) is 40.0 Å². The summed E-state index contributed by atoms with van der Waals surface area (Å²) in [5.74, 6) is -0.655. The van der Waals surface area contributed by atoms with Crippen LogP contribution in [0.4, 0.5) is 11.4 Å². The molecule has 0 radical (unpaired) electrons. The van der Waals surface area contributed by atoms with E-state index in [-0.39, 0.29) is 21.5 Å². The van der Waals surface area contributed by atoms with Gasteiger partial charge in [0, 0.05) is 22.6 Å². The smallest absolute Gasteiger partial charge is 0.260 e. The molecule has 0 spiro atoms. The first-order valence-electron chi connectivity index (χ1n) is 10.4. The Morgan fingerprint density at radius 2 is 1.62 bits per heavy atom. The maximum absolute atomic E-state index is 13.6. The number of carbonyl (C=O) groups excluding carboxylic acids is 2. The average Bonchev–Trinajstić information content (AvgIpc) is 3.17. The highest BCUT2D eigenvalue weighted by molar-refractivity contribution is 6.37. The molecule has 0 bridgehead atoms. The Labute approximate surface area is 210 Å². The van der Waals surface area contributed by atoms with Gasteiger partial charge in [-0.1, -0.05) is 53.0 Å². The van der Waals surface area contributed by atoms with Crippen molar-refractivity contribution in [3.63, 3.8) is 0 Å². The lowest BCUT2D eigenvalue weighted by Gasteiger charge is -2.23. The molecule has 9 heteroatoms. The van der Waals surface area contributed by atoms with Gasteiger partial charge >= 0.3 is 0 Å². The van der Waals surface area contributed by atoms with Crippen LogP contribution in [0.15, 0.2) is 72.9 Å². The third-order valence-electron chi connectivity index (χ3n) is 5.61. The minimum atomic E-state index is -0.411. The summed E-state index contributed by atoms with van der Waals surface area (Å²) >= 11 is 18.5. The van der Waals surface area contributed by atoms with Gasteiger partial charge in [-0.25, -0.2) is 0 Å². The average molecular weight is 512 g/mol. The largest absolute Gasteiger partial charge is 0.322 e. The van der Waals surface area contributed by atoms with Crippen LogP contribution in [0.25, 0.3) is 0 Å². The molecule has 1 aromatic heterocycles. The number of benzene rings is 3. The van der Waals surface area contributed by atoms with E-state index < -0.39 is 5.91 Å². The highest BCUT2D eigenvalue weighted by Gasteiger charge is 2.26. The molecule has 0 aliphatic carbocycles. The van der Waals surface area contributed by atoms with E-state index in [0.717, 1.165) is 16.9 Å². The fraction of sp³-hybridized carbons (Fsp3) is 0.0800. The first-order chi connectivity index (χ1) is 16.4. The lowest BCUT2D eigenvalue weighted by atomic mass is 10.1. The summed E-state index contributed by atoms with van der Waals surface area (Å²) in [4.78, 5) is 27.9. The van der Waals surface area contributed by atoms with Crippen LogP contribution in [-0.4, -0.2) is 21.6 Å². The van der Waals surface area contributed by atoms with Crippen molar-refractivity contribution in [1.82, 2.24) is 9.78 Å². The van der Waals surface area contributed by atoms with Crippen LogP contribution in [0.1, 0.15) is 32.0 Å². The number of carbonyl (C=O) groups is 2. The van der Waals surface area contributed by atoms with Crippen molar-refractivity contribution in [3.05, 3.63) is 110 Å². The predicted molar refractivity (Wildman–Crippen MR) is 134 cm³/mol. The van der Waals surface area contributed by atoms with Gasteiger partial charge < -0.3 is 10.2 Å². The van der Waals surface area contributed by atoms with Crippen LogP contribution in [0.5, 0.6) is 0 Å². The highest BCUT2D eigenvalue weighted by Crippen LogP contribution is 2.31. The molecule has 4 aromatic rings. The minimum Gasteiger partial charge on any atom is -0.322 e. The number of rotatable bonds is 3. The van der Waals surface area contributed by atoms with Gasteiger partial charge in [-0.3, -0.25) is 14.3 Å². The zero-order valence-electron chi connectivity index (χ0n) is 17.6. The van der Waals surface area contributed by atoms with E-state index in [1.54, 1.807) is 41.4 Å². The lowest BCUT2D eigenvalue weighted by Crippen LogP contribution is -2.31. The summed E-state index contributed by atoms with van der Waals surface area (Å²) in [5.41, 5.74) is 3.75. The molecule has 0 atom stereocenters. The molecule has 1 N–H and O–H groups in total. The van der Waals surface area contributed by atoms with E-state index in [1.165, 1.54) is 6.07 Å². The molecule has 170 valence electrons. The SMILES string of the molecule is O=C(Nc1ccc(C(=O)N2Cc3ccnn3Cc3ccccc32)c(Cl)c1)c1ccc(Cl)cc1Cl. The highest BCUT2D eigenvalue weighted by atomic mass is 35.5. The molecule has 6 nitrogen and oxygen atoms in total. The third kappa shape index (κ3) is 4.28. The van der Waals surface area contributed by atoms with E-state index in [4.69, 9.17) is 34.8 Å². The van der Waals surface area contributed by atoms with Crippen molar-refractivity contribution in [3.8, 4) is 0 Å². The molecule has 0 fully saturated rings. The van der Waals surface area contributed by atoms with Crippen LogP contribution >= 0.6 is 34.8 Å². The fourth-order valence-corrected chi connectivity index (χ4v) is 4.67. The first-order valence-corrected chi connectivity index (χ1v) is 11.5. The van der Waals surface area contributed by atoms with Crippen LogP contribution < -0.4 is 10.2 Å². The molecule has 5 rings (SSSR count). The number of hydrogen-bond acceptors (Lipinski definition) is 3. The molecule has 2 amide bonds. The van der Waals surface area contributed by atoms with E-state index in [1.807, 2.05) is 35.0 Å². The predicted octanol–water partition coefficient (Wildman–Crippen LogP) is 6.30. The second-order valence-electron chi connectivity index (χ2n) is 7.77. The van der Waals surface area contributed by atoms with Gasteiger partial charge in [-0.2, -0.15) is 5.10 Å². The summed E-state index contributed by atoms with van der Waals surface area (Å²) in [6.07, 6.45) is 1.73. The maximum atomic E-state index is 13.6.